The molecule has 0 fully saturated rings. The first-order valence-electron chi connectivity index (χ1n) is 9.75. The molecule has 0 aliphatic heterocycles. The van der Waals surface area contributed by atoms with E-state index in [0.29, 0.717) is 13.1 Å². The minimum atomic E-state index is 0.0203. The van der Waals surface area contributed by atoms with Crippen LogP contribution in [-0.2, 0) is 11.2 Å². The predicted octanol–water partition coefficient (Wildman–Crippen LogP) is 4.33. The molecule has 3 N–H and O–H groups in total. The topological polar surface area (TPSA) is 56.9 Å². The van der Waals surface area contributed by atoms with Gasteiger partial charge in [-0.2, -0.15) is 0 Å². The first kappa shape index (κ1) is 18.3. The number of amides is 1. The van der Waals surface area contributed by atoms with Crippen molar-refractivity contribution in [3.8, 4) is 0 Å². The fourth-order valence-electron chi connectivity index (χ4n) is 3.72. The van der Waals surface area contributed by atoms with Gasteiger partial charge in [-0.15, -0.1) is 0 Å². The zero-order chi connectivity index (χ0) is 19.3. The standard InChI is InChI=1S/C24H25N3O/c1-17(20-11-6-8-18-7-2-3-9-21(18)20)26-16-24(28)25-14-13-19-15-27-23-12-5-4-10-22(19)23/h2-12,15,17,26-27H,13-14,16H2,1H3,(H,25,28)/t17-/m0/s1. The molecule has 0 spiro atoms. The molecule has 1 atom stereocenters. The van der Waals surface area contributed by atoms with E-state index in [0.717, 1.165) is 11.9 Å². The van der Waals surface area contributed by atoms with Gasteiger partial charge in [-0.1, -0.05) is 60.7 Å². The molecule has 28 heavy (non-hydrogen) atoms. The lowest BCUT2D eigenvalue weighted by molar-refractivity contribution is -0.120. The lowest BCUT2D eigenvalue weighted by atomic mass is 10.00. The van der Waals surface area contributed by atoms with Crippen molar-refractivity contribution < 1.29 is 4.79 Å². The number of H-pyrrole nitrogens is 1. The van der Waals surface area contributed by atoms with Crippen molar-refractivity contribution in [1.82, 2.24) is 15.6 Å². The van der Waals surface area contributed by atoms with Crippen LogP contribution >= 0.6 is 0 Å². The van der Waals surface area contributed by atoms with Gasteiger partial charge in [0, 0.05) is 29.7 Å². The molecule has 4 heteroatoms. The molecule has 0 unspecified atom stereocenters. The Labute approximate surface area is 165 Å². The molecule has 3 aromatic carbocycles. The van der Waals surface area contributed by atoms with E-state index in [2.05, 4.69) is 71.1 Å². The summed E-state index contributed by atoms with van der Waals surface area (Å²) in [7, 11) is 0. The molecule has 0 bridgehead atoms. The second-order valence-corrected chi connectivity index (χ2v) is 7.13. The fourth-order valence-corrected chi connectivity index (χ4v) is 3.72. The molecule has 0 aliphatic rings. The van der Waals surface area contributed by atoms with Crippen molar-refractivity contribution in [3.63, 3.8) is 0 Å². The highest BCUT2D eigenvalue weighted by Gasteiger charge is 2.11. The number of carbonyl (C=O) groups is 1. The van der Waals surface area contributed by atoms with E-state index >= 15 is 0 Å². The van der Waals surface area contributed by atoms with Crippen molar-refractivity contribution in [2.75, 3.05) is 13.1 Å². The van der Waals surface area contributed by atoms with Crippen LogP contribution in [0.2, 0.25) is 0 Å². The summed E-state index contributed by atoms with van der Waals surface area (Å²) in [4.78, 5) is 15.5. The average Bonchev–Trinajstić information content (AvgIpc) is 3.15. The van der Waals surface area contributed by atoms with Crippen LogP contribution in [0.1, 0.15) is 24.1 Å². The number of rotatable bonds is 7. The highest BCUT2D eigenvalue weighted by molar-refractivity contribution is 5.86. The maximum absolute atomic E-state index is 12.3. The summed E-state index contributed by atoms with van der Waals surface area (Å²) in [5, 5.41) is 10.0. The lowest BCUT2D eigenvalue weighted by Crippen LogP contribution is -2.36. The maximum atomic E-state index is 12.3. The maximum Gasteiger partial charge on any atom is 0.233 e. The highest BCUT2D eigenvalue weighted by Crippen LogP contribution is 2.23. The third-order valence-corrected chi connectivity index (χ3v) is 5.25. The van der Waals surface area contributed by atoms with E-state index in [1.54, 1.807) is 0 Å². The predicted molar refractivity (Wildman–Crippen MR) is 115 cm³/mol. The molecular weight excluding hydrogens is 346 g/mol. The van der Waals surface area contributed by atoms with E-state index in [1.807, 2.05) is 24.4 Å². The number of fused-ring (bicyclic) bond motifs is 2. The number of aromatic amines is 1. The number of hydrogen-bond donors (Lipinski definition) is 3. The van der Waals surface area contributed by atoms with Crippen molar-refractivity contribution in [2.24, 2.45) is 0 Å². The summed E-state index contributed by atoms with van der Waals surface area (Å²) in [5.41, 5.74) is 3.58. The summed E-state index contributed by atoms with van der Waals surface area (Å²) >= 11 is 0. The Kier molecular flexibility index (Phi) is 5.40. The first-order chi connectivity index (χ1) is 13.7. The van der Waals surface area contributed by atoms with Gasteiger partial charge in [0.25, 0.3) is 0 Å². The quantitative estimate of drug-likeness (QED) is 0.453. The monoisotopic (exact) mass is 371 g/mol. The molecule has 1 amide bonds. The van der Waals surface area contributed by atoms with Crippen LogP contribution in [0.5, 0.6) is 0 Å². The smallest absolute Gasteiger partial charge is 0.233 e. The van der Waals surface area contributed by atoms with Gasteiger partial charge in [-0.05, 0) is 41.3 Å². The van der Waals surface area contributed by atoms with E-state index in [1.165, 1.54) is 27.3 Å². The van der Waals surface area contributed by atoms with Crippen LogP contribution in [0, 0.1) is 0 Å². The van der Waals surface area contributed by atoms with E-state index in [4.69, 9.17) is 0 Å². The van der Waals surface area contributed by atoms with Crippen LogP contribution in [0.25, 0.3) is 21.7 Å². The van der Waals surface area contributed by atoms with Gasteiger partial charge in [0.05, 0.1) is 6.54 Å². The molecule has 1 aromatic heterocycles. The van der Waals surface area contributed by atoms with Gasteiger partial charge >= 0.3 is 0 Å². The number of aromatic nitrogens is 1. The molecular formula is C24H25N3O. The fraction of sp³-hybridized carbons (Fsp3) is 0.208. The van der Waals surface area contributed by atoms with Crippen LogP contribution in [-0.4, -0.2) is 24.0 Å². The molecule has 1 heterocycles. The number of para-hydroxylation sites is 1. The number of nitrogens with one attached hydrogen (secondary N) is 3. The third-order valence-electron chi connectivity index (χ3n) is 5.25. The Morgan fingerprint density at radius 2 is 1.71 bits per heavy atom. The molecule has 0 radical (unpaired) electrons. The van der Waals surface area contributed by atoms with E-state index in [9.17, 15) is 4.79 Å². The average molecular weight is 371 g/mol. The lowest BCUT2D eigenvalue weighted by Gasteiger charge is -2.16. The van der Waals surface area contributed by atoms with Crippen LogP contribution in [0.4, 0.5) is 0 Å². The molecule has 0 saturated heterocycles. The molecule has 4 rings (SSSR count). The molecule has 4 nitrogen and oxygen atoms in total. The van der Waals surface area contributed by atoms with Gasteiger partial charge < -0.3 is 15.6 Å². The normalized spacial score (nSPS) is 12.3. The first-order valence-corrected chi connectivity index (χ1v) is 9.75. The van der Waals surface area contributed by atoms with Crippen LogP contribution in [0.3, 0.4) is 0 Å². The summed E-state index contributed by atoms with van der Waals surface area (Å²) in [6, 6.07) is 23.0. The van der Waals surface area contributed by atoms with Crippen molar-refractivity contribution in [2.45, 2.75) is 19.4 Å². The molecule has 4 aromatic rings. The second-order valence-electron chi connectivity index (χ2n) is 7.13. The van der Waals surface area contributed by atoms with E-state index < -0.39 is 0 Å². The largest absolute Gasteiger partial charge is 0.361 e. The minimum absolute atomic E-state index is 0.0203. The summed E-state index contributed by atoms with van der Waals surface area (Å²) in [6.07, 6.45) is 2.84. The van der Waals surface area contributed by atoms with Gasteiger partial charge in [0.15, 0.2) is 0 Å². The summed E-state index contributed by atoms with van der Waals surface area (Å²) < 4.78 is 0. The third kappa shape index (κ3) is 3.92. The zero-order valence-corrected chi connectivity index (χ0v) is 16.0. The van der Waals surface area contributed by atoms with Crippen molar-refractivity contribution in [3.05, 3.63) is 84.1 Å². The van der Waals surface area contributed by atoms with Gasteiger partial charge in [0.1, 0.15) is 0 Å². The number of benzene rings is 3. The van der Waals surface area contributed by atoms with Crippen molar-refractivity contribution >= 4 is 27.6 Å². The van der Waals surface area contributed by atoms with Crippen LogP contribution < -0.4 is 10.6 Å². The summed E-state index contributed by atoms with van der Waals surface area (Å²) in [6.45, 7) is 3.03. The highest BCUT2D eigenvalue weighted by atomic mass is 16.1. The second kappa shape index (κ2) is 8.28. The van der Waals surface area contributed by atoms with Crippen molar-refractivity contribution in [1.29, 1.82) is 0 Å². The summed E-state index contributed by atoms with van der Waals surface area (Å²) in [5.74, 6) is 0.0203. The van der Waals surface area contributed by atoms with Gasteiger partial charge in [-0.3, -0.25) is 4.79 Å². The minimum Gasteiger partial charge on any atom is -0.361 e. The SMILES string of the molecule is C[C@H](NCC(=O)NCCc1c[nH]c2ccccc12)c1cccc2ccccc12. The van der Waals surface area contributed by atoms with Crippen LogP contribution in [0.15, 0.2) is 72.9 Å². The van der Waals surface area contributed by atoms with Gasteiger partial charge in [0.2, 0.25) is 5.91 Å². The van der Waals surface area contributed by atoms with E-state index in [-0.39, 0.29) is 11.9 Å². The van der Waals surface area contributed by atoms with Gasteiger partial charge in [-0.25, -0.2) is 0 Å². The molecule has 0 saturated carbocycles. The molecule has 0 aliphatic carbocycles. The Morgan fingerprint density at radius 3 is 2.61 bits per heavy atom. The Morgan fingerprint density at radius 1 is 0.964 bits per heavy atom. The number of carbonyl (C=O) groups excluding carboxylic acids is 1. The number of hydrogen-bond acceptors (Lipinski definition) is 2. The Hall–Kier alpha value is -3.11. The Balaban J connectivity index is 1.29. The zero-order valence-electron chi connectivity index (χ0n) is 16.0. The Bertz CT molecular complexity index is 1090. The molecule has 142 valence electrons.